The van der Waals surface area contributed by atoms with Gasteiger partial charge in [-0.05, 0) is 88.7 Å². The van der Waals surface area contributed by atoms with Crippen LogP contribution in [-0.2, 0) is 16.2 Å². The number of rotatable bonds is 7. The van der Waals surface area contributed by atoms with Gasteiger partial charge in [-0.2, -0.15) is 0 Å². The van der Waals surface area contributed by atoms with E-state index in [9.17, 15) is 14.4 Å². The first-order valence-electron chi connectivity index (χ1n) is 16.9. The molecule has 3 aliphatic rings. The fourth-order valence-electron chi connectivity index (χ4n) is 7.48. The average molecular weight is 715 g/mol. The van der Waals surface area contributed by atoms with E-state index in [0.29, 0.717) is 27.0 Å². The maximum absolute atomic E-state index is 14.2. The number of urea groups is 1. The van der Waals surface area contributed by atoms with E-state index < -0.39 is 17.8 Å². The Labute approximate surface area is 306 Å². The lowest BCUT2D eigenvalue weighted by molar-refractivity contribution is -0.122. The van der Waals surface area contributed by atoms with Gasteiger partial charge in [0.15, 0.2) is 0 Å². The number of halogens is 2. The fourth-order valence-corrected chi connectivity index (χ4v) is 7.80. The standard InChI is InChI=1S/C42H33Cl2N3O4/c43-37-16-13-27(22-38(37)44)25-51-31-14-11-26(12-15-31)21-36-40(48)45-42(50)47(41(36)49)30-23-34-32(28-7-3-1-4-8-28)17-19-46-20-18-33(35(24-30)39(34)46)29-9-5-2-6-10-29/h1-16,21-24,32-33H,17-20,25H2,(H,45,48,50)/b36-21+/t32-,33-/m1/s1. The summed E-state index contributed by atoms with van der Waals surface area (Å²) in [6.45, 7) is 2.13. The summed E-state index contributed by atoms with van der Waals surface area (Å²) in [6.07, 6.45) is 3.32. The number of amides is 4. The van der Waals surface area contributed by atoms with Crippen molar-refractivity contribution < 1.29 is 19.1 Å². The number of hydrogen-bond donors (Lipinski definition) is 1. The van der Waals surface area contributed by atoms with E-state index in [1.165, 1.54) is 22.9 Å². The zero-order chi connectivity index (χ0) is 35.1. The second-order valence-corrected chi connectivity index (χ2v) is 13.8. The number of barbiturate groups is 1. The zero-order valence-electron chi connectivity index (χ0n) is 27.5. The normalized spacial score (nSPS) is 19.2. The molecule has 0 aromatic heterocycles. The minimum atomic E-state index is -0.767. The number of benzene rings is 5. The molecule has 0 saturated carbocycles. The summed E-state index contributed by atoms with van der Waals surface area (Å²) < 4.78 is 5.90. The summed E-state index contributed by atoms with van der Waals surface area (Å²) in [6, 6.07) is 36.3. The largest absolute Gasteiger partial charge is 0.489 e. The van der Waals surface area contributed by atoms with E-state index in [1.807, 2.05) is 54.6 Å². The minimum absolute atomic E-state index is 0.0858. The molecule has 5 aromatic carbocycles. The molecule has 1 saturated heterocycles. The fraction of sp³-hybridized carbons (Fsp3) is 0.167. The van der Waals surface area contributed by atoms with Crippen molar-refractivity contribution in [3.63, 3.8) is 0 Å². The Morgan fingerprint density at radius 1 is 0.725 bits per heavy atom. The maximum Gasteiger partial charge on any atom is 0.335 e. The van der Waals surface area contributed by atoms with Crippen LogP contribution in [0.4, 0.5) is 16.2 Å². The highest BCUT2D eigenvalue weighted by Crippen LogP contribution is 2.50. The van der Waals surface area contributed by atoms with E-state index in [1.54, 1.807) is 36.4 Å². The van der Waals surface area contributed by atoms with Crippen LogP contribution in [0.5, 0.6) is 5.75 Å². The van der Waals surface area contributed by atoms with Crippen molar-refractivity contribution in [3.05, 3.63) is 164 Å². The van der Waals surface area contributed by atoms with Crippen LogP contribution in [0.1, 0.15) is 58.1 Å². The van der Waals surface area contributed by atoms with E-state index in [2.05, 4.69) is 34.5 Å². The molecule has 1 N–H and O–H groups in total. The third kappa shape index (κ3) is 6.39. The third-order valence-electron chi connectivity index (χ3n) is 9.94. The van der Waals surface area contributed by atoms with Crippen LogP contribution in [0, 0.1) is 0 Å². The van der Waals surface area contributed by atoms with Crippen molar-refractivity contribution >= 4 is 58.5 Å². The van der Waals surface area contributed by atoms with E-state index in [0.717, 1.165) is 47.5 Å². The molecule has 3 aliphatic heterocycles. The van der Waals surface area contributed by atoms with Crippen LogP contribution in [-0.4, -0.2) is 30.9 Å². The highest BCUT2D eigenvalue weighted by atomic mass is 35.5. The summed E-state index contributed by atoms with van der Waals surface area (Å²) in [4.78, 5) is 44.4. The van der Waals surface area contributed by atoms with Gasteiger partial charge in [0, 0.05) is 30.6 Å². The molecule has 2 atom stereocenters. The second-order valence-electron chi connectivity index (χ2n) is 13.0. The predicted molar refractivity (Wildman–Crippen MR) is 201 cm³/mol. The predicted octanol–water partition coefficient (Wildman–Crippen LogP) is 9.12. The summed E-state index contributed by atoms with van der Waals surface area (Å²) in [5, 5.41) is 3.34. The van der Waals surface area contributed by atoms with Gasteiger partial charge in [-0.3, -0.25) is 14.9 Å². The number of imide groups is 2. The van der Waals surface area contributed by atoms with Crippen molar-refractivity contribution in [1.82, 2.24) is 5.32 Å². The van der Waals surface area contributed by atoms with Gasteiger partial charge in [-0.25, -0.2) is 9.69 Å². The molecule has 254 valence electrons. The van der Waals surface area contributed by atoms with Crippen LogP contribution in [0.15, 0.2) is 121 Å². The van der Waals surface area contributed by atoms with Crippen molar-refractivity contribution in [2.24, 2.45) is 0 Å². The first kappa shape index (κ1) is 32.8. The Balaban J connectivity index is 1.14. The van der Waals surface area contributed by atoms with Gasteiger partial charge in [-0.1, -0.05) is 102 Å². The molecular formula is C42H33Cl2N3O4. The number of ether oxygens (including phenoxy) is 1. The van der Waals surface area contributed by atoms with Crippen molar-refractivity contribution in [1.29, 1.82) is 0 Å². The molecule has 51 heavy (non-hydrogen) atoms. The second kappa shape index (κ2) is 13.7. The minimum Gasteiger partial charge on any atom is -0.489 e. The summed E-state index contributed by atoms with van der Waals surface area (Å²) >= 11 is 12.1. The maximum atomic E-state index is 14.2. The number of carbonyl (C=O) groups excluding carboxylic acids is 3. The monoisotopic (exact) mass is 713 g/mol. The number of carbonyl (C=O) groups is 3. The van der Waals surface area contributed by atoms with E-state index >= 15 is 0 Å². The number of anilines is 2. The van der Waals surface area contributed by atoms with Gasteiger partial charge in [0.25, 0.3) is 11.8 Å². The molecule has 5 aromatic rings. The SMILES string of the molecule is O=C1NC(=O)N(c2cc3c4c(c2)[C@@H](c2ccccc2)CCN4CC[C@@H]3c2ccccc2)C(=O)/C1=C/c1ccc(OCc2ccc(Cl)c(Cl)c2)cc1. The highest BCUT2D eigenvalue weighted by molar-refractivity contribution is 6.42. The van der Waals surface area contributed by atoms with Crippen molar-refractivity contribution in [3.8, 4) is 5.75 Å². The van der Waals surface area contributed by atoms with E-state index in [-0.39, 0.29) is 24.0 Å². The molecule has 9 heteroatoms. The summed E-state index contributed by atoms with van der Waals surface area (Å²) in [7, 11) is 0. The van der Waals surface area contributed by atoms with Gasteiger partial charge in [0.2, 0.25) is 0 Å². The molecule has 0 radical (unpaired) electrons. The van der Waals surface area contributed by atoms with Gasteiger partial charge >= 0.3 is 6.03 Å². The molecule has 3 heterocycles. The Bertz CT molecular complexity index is 2120. The molecule has 4 amide bonds. The topological polar surface area (TPSA) is 79.0 Å². The lowest BCUT2D eigenvalue weighted by Gasteiger charge is -2.44. The molecule has 0 aliphatic carbocycles. The van der Waals surface area contributed by atoms with Crippen LogP contribution >= 0.6 is 23.2 Å². The molecular weight excluding hydrogens is 681 g/mol. The summed E-state index contributed by atoms with van der Waals surface area (Å²) in [5.74, 6) is -0.648. The smallest absolute Gasteiger partial charge is 0.335 e. The first-order chi connectivity index (χ1) is 24.8. The molecule has 7 nitrogen and oxygen atoms in total. The van der Waals surface area contributed by atoms with E-state index in [4.69, 9.17) is 27.9 Å². The molecule has 0 unspecified atom stereocenters. The molecule has 1 fully saturated rings. The van der Waals surface area contributed by atoms with Crippen molar-refractivity contribution in [2.75, 3.05) is 22.9 Å². The van der Waals surface area contributed by atoms with Crippen molar-refractivity contribution in [2.45, 2.75) is 31.3 Å². The molecule has 0 spiro atoms. The lowest BCUT2D eigenvalue weighted by Crippen LogP contribution is -2.54. The Hall–Kier alpha value is -5.37. The van der Waals surface area contributed by atoms with Crippen LogP contribution < -0.4 is 19.9 Å². The van der Waals surface area contributed by atoms with Gasteiger partial charge in [0.1, 0.15) is 17.9 Å². The van der Waals surface area contributed by atoms with Gasteiger partial charge < -0.3 is 9.64 Å². The Kier molecular flexibility index (Phi) is 8.84. The number of nitrogens with zero attached hydrogens (tertiary/aromatic N) is 2. The Morgan fingerprint density at radius 2 is 1.33 bits per heavy atom. The van der Waals surface area contributed by atoms with Crippen LogP contribution in [0.25, 0.3) is 6.08 Å². The third-order valence-corrected chi connectivity index (χ3v) is 10.7. The van der Waals surface area contributed by atoms with Crippen LogP contribution in [0.3, 0.4) is 0 Å². The summed E-state index contributed by atoms with van der Waals surface area (Å²) in [5.41, 5.74) is 7.50. The van der Waals surface area contributed by atoms with Gasteiger partial charge in [0.05, 0.1) is 15.7 Å². The molecule has 0 bridgehead atoms. The Morgan fingerprint density at radius 3 is 1.92 bits per heavy atom. The molecule has 8 rings (SSSR count). The lowest BCUT2D eigenvalue weighted by atomic mass is 9.76. The average Bonchev–Trinajstić information content (AvgIpc) is 3.15. The highest BCUT2D eigenvalue weighted by Gasteiger charge is 2.40. The number of nitrogens with one attached hydrogen (secondary N) is 1. The number of hydrogen-bond acceptors (Lipinski definition) is 5. The first-order valence-corrected chi connectivity index (χ1v) is 17.7. The van der Waals surface area contributed by atoms with Gasteiger partial charge in [-0.15, -0.1) is 0 Å². The zero-order valence-corrected chi connectivity index (χ0v) is 29.0. The van der Waals surface area contributed by atoms with Crippen LogP contribution in [0.2, 0.25) is 10.0 Å². The quantitative estimate of drug-likeness (QED) is 0.134.